The largest absolute Gasteiger partial charge is 0.360 e. The Morgan fingerprint density at radius 1 is 1.00 bits per heavy atom. The van der Waals surface area contributed by atoms with Crippen LogP contribution in [0.25, 0.3) is 11.3 Å². The number of benzene rings is 2. The van der Waals surface area contributed by atoms with E-state index in [0.29, 0.717) is 16.2 Å². The lowest BCUT2D eigenvalue weighted by Crippen LogP contribution is -1.91. The molecule has 3 nitrogen and oxygen atoms in total. The van der Waals surface area contributed by atoms with Crippen LogP contribution in [0.1, 0.15) is 5.56 Å². The zero-order valence-electron chi connectivity index (χ0n) is 12.1. The Morgan fingerprint density at radius 3 is 2.42 bits per heavy atom. The number of nitrogens with one attached hydrogen (secondary N) is 2. The van der Waals surface area contributed by atoms with Gasteiger partial charge >= 0.3 is 0 Å². The van der Waals surface area contributed by atoms with E-state index in [4.69, 9.17) is 5.26 Å². The summed E-state index contributed by atoms with van der Waals surface area (Å²) in [6.45, 7) is 0. The van der Waals surface area contributed by atoms with Gasteiger partial charge in [-0.25, -0.2) is 13.2 Å². The van der Waals surface area contributed by atoms with Gasteiger partial charge in [0.15, 0.2) is 0 Å². The van der Waals surface area contributed by atoms with E-state index in [1.54, 1.807) is 12.3 Å². The number of aromatic amines is 1. The molecule has 0 radical (unpaired) electrons. The highest BCUT2D eigenvalue weighted by molar-refractivity contribution is 8.00. The first-order valence-corrected chi connectivity index (χ1v) is 7.64. The van der Waals surface area contributed by atoms with Crippen LogP contribution in [0, 0.1) is 28.8 Å². The Bertz CT molecular complexity index is 911. The van der Waals surface area contributed by atoms with Crippen molar-refractivity contribution in [1.29, 1.82) is 5.26 Å². The SMILES string of the molecule is N#Cc1ccc(NSc2c[nH]c(-c3cc(F)cc(F)c3)c2)c(F)c1. The summed E-state index contributed by atoms with van der Waals surface area (Å²) in [7, 11) is 0. The van der Waals surface area contributed by atoms with Crippen molar-refractivity contribution in [2.75, 3.05) is 4.72 Å². The first kappa shape index (κ1) is 16.0. The molecule has 120 valence electrons. The molecule has 0 saturated carbocycles. The second-order valence-corrected chi connectivity index (χ2v) is 5.80. The molecule has 0 aliphatic rings. The number of aromatic nitrogens is 1. The molecule has 0 atom stereocenters. The summed E-state index contributed by atoms with van der Waals surface area (Å²) in [6, 6.07) is 10.9. The van der Waals surface area contributed by atoms with Crippen molar-refractivity contribution in [3.63, 3.8) is 0 Å². The maximum Gasteiger partial charge on any atom is 0.148 e. The molecule has 0 aliphatic heterocycles. The Balaban J connectivity index is 1.74. The van der Waals surface area contributed by atoms with Gasteiger partial charge in [0.2, 0.25) is 0 Å². The van der Waals surface area contributed by atoms with Crippen LogP contribution in [0.15, 0.2) is 53.6 Å². The lowest BCUT2D eigenvalue weighted by Gasteiger charge is -2.05. The third-order valence-electron chi connectivity index (χ3n) is 3.21. The first-order chi connectivity index (χ1) is 11.5. The van der Waals surface area contributed by atoms with E-state index in [2.05, 4.69) is 9.71 Å². The summed E-state index contributed by atoms with van der Waals surface area (Å²) in [4.78, 5) is 3.62. The van der Waals surface area contributed by atoms with Crippen LogP contribution in [-0.4, -0.2) is 4.98 Å². The number of anilines is 1. The monoisotopic (exact) mass is 345 g/mol. The van der Waals surface area contributed by atoms with E-state index in [-0.39, 0.29) is 11.3 Å². The maximum absolute atomic E-state index is 13.8. The summed E-state index contributed by atoms with van der Waals surface area (Å²) in [5.41, 5.74) is 1.39. The van der Waals surface area contributed by atoms with E-state index in [0.717, 1.165) is 24.1 Å². The minimum absolute atomic E-state index is 0.235. The fourth-order valence-corrected chi connectivity index (χ4v) is 2.78. The molecule has 0 saturated heterocycles. The molecule has 1 aromatic heterocycles. The Hall–Kier alpha value is -2.85. The first-order valence-electron chi connectivity index (χ1n) is 6.82. The summed E-state index contributed by atoms with van der Waals surface area (Å²) in [5, 5.41) is 8.71. The van der Waals surface area contributed by atoms with Gasteiger partial charge in [0.05, 0.1) is 17.3 Å². The van der Waals surface area contributed by atoms with Gasteiger partial charge in [-0.15, -0.1) is 0 Å². The van der Waals surface area contributed by atoms with Gasteiger partial charge < -0.3 is 9.71 Å². The van der Waals surface area contributed by atoms with E-state index in [1.807, 2.05) is 6.07 Å². The van der Waals surface area contributed by atoms with Crippen molar-refractivity contribution < 1.29 is 13.2 Å². The molecule has 0 fully saturated rings. The van der Waals surface area contributed by atoms with Crippen molar-refractivity contribution >= 4 is 17.6 Å². The number of hydrogen-bond acceptors (Lipinski definition) is 3. The highest BCUT2D eigenvalue weighted by Gasteiger charge is 2.08. The maximum atomic E-state index is 13.8. The molecular formula is C17H10F3N3S. The van der Waals surface area contributed by atoms with Gasteiger partial charge in [-0.1, -0.05) is 0 Å². The normalized spacial score (nSPS) is 10.4. The number of nitrogens with zero attached hydrogens (tertiary/aromatic N) is 1. The lowest BCUT2D eigenvalue weighted by atomic mass is 10.1. The van der Waals surface area contributed by atoms with Crippen molar-refractivity contribution in [3.8, 4) is 17.3 Å². The highest BCUT2D eigenvalue weighted by Crippen LogP contribution is 2.28. The van der Waals surface area contributed by atoms with E-state index in [1.165, 1.54) is 24.3 Å². The molecule has 1 heterocycles. The minimum Gasteiger partial charge on any atom is -0.360 e. The van der Waals surface area contributed by atoms with Crippen LogP contribution in [0.2, 0.25) is 0 Å². The van der Waals surface area contributed by atoms with E-state index < -0.39 is 17.5 Å². The average Bonchev–Trinajstić information content (AvgIpc) is 3.01. The van der Waals surface area contributed by atoms with E-state index >= 15 is 0 Å². The number of nitriles is 1. The molecule has 0 aliphatic carbocycles. The topological polar surface area (TPSA) is 51.6 Å². The predicted octanol–water partition coefficient (Wildman–Crippen LogP) is 5.09. The summed E-state index contributed by atoms with van der Waals surface area (Å²) < 4.78 is 43.1. The molecule has 2 N–H and O–H groups in total. The number of H-pyrrole nitrogens is 1. The van der Waals surface area contributed by atoms with Crippen molar-refractivity contribution in [1.82, 2.24) is 4.98 Å². The minimum atomic E-state index is -0.661. The quantitative estimate of drug-likeness (QED) is 0.648. The fourth-order valence-electron chi connectivity index (χ4n) is 2.09. The summed E-state index contributed by atoms with van der Waals surface area (Å²) in [5.74, 6) is -1.86. The second-order valence-electron chi connectivity index (χ2n) is 4.92. The Morgan fingerprint density at radius 2 is 1.75 bits per heavy atom. The zero-order valence-corrected chi connectivity index (χ0v) is 12.9. The second kappa shape index (κ2) is 6.72. The van der Waals surface area contributed by atoms with Gasteiger partial charge in [-0.2, -0.15) is 5.26 Å². The smallest absolute Gasteiger partial charge is 0.148 e. The molecule has 0 bridgehead atoms. The molecule has 24 heavy (non-hydrogen) atoms. The molecular weight excluding hydrogens is 335 g/mol. The van der Waals surface area contributed by atoms with Crippen LogP contribution in [0.5, 0.6) is 0 Å². The zero-order chi connectivity index (χ0) is 17.1. The van der Waals surface area contributed by atoms with Crippen LogP contribution in [0.3, 0.4) is 0 Å². The Labute approximate surface area is 140 Å². The molecule has 3 aromatic rings. The van der Waals surface area contributed by atoms with Crippen LogP contribution >= 0.6 is 11.9 Å². The lowest BCUT2D eigenvalue weighted by molar-refractivity contribution is 0.584. The van der Waals surface area contributed by atoms with Crippen molar-refractivity contribution in [2.45, 2.75) is 4.90 Å². The number of rotatable bonds is 4. The standard InChI is InChI=1S/C17H10F3N3S/c18-12-4-11(5-13(19)6-12)17-7-14(9-22-17)24-23-16-2-1-10(8-21)3-15(16)20/h1-7,9,22-23H. The summed E-state index contributed by atoms with van der Waals surface area (Å²) >= 11 is 1.13. The molecule has 0 amide bonds. The average molecular weight is 345 g/mol. The third kappa shape index (κ3) is 3.55. The number of hydrogen-bond donors (Lipinski definition) is 2. The summed E-state index contributed by atoms with van der Waals surface area (Å²) in [6.07, 6.45) is 1.64. The molecule has 0 unspecified atom stereocenters. The van der Waals surface area contributed by atoms with Gasteiger partial charge in [0.1, 0.15) is 17.5 Å². The van der Waals surface area contributed by atoms with E-state index in [9.17, 15) is 13.2 Å². The van der Waals surface area contributed by atoms with Gasteiger partial charge in [0, 0.05) is 28.4 Å². The van der Waals surface area contributed by atoms with Crippen LogP contribution < -0.4 is 4.72 Å². The third-order valence-corrected chi connectivity index (χ3v) is 4.00. The molecule has 7 heteroatoms. The van der Waals surface area contributed by atoms with Gasteiger partial charge in [0.25, 0.3) is 0 Å². The van der Waals surface area contributed by atoms with Crippen LogP contribution in [0.4, 0.5) is 18.9 Å². The van der Waals surface area contributed by atoms with Gasteiger partial charge in [-0.05, 0) is 48.3 Å². The van der Waals surface area contributed by atoms with Gasteiger partial charge in [-0.3, -0.25) is 0 Å². The fraction of sp³-hybridized carbons (Fsp3) is 0. The predicted molar refractivity (Wildman–Crippen MR) is 86.7 cm³/mol. The van der Waals surface area contributed by atoms with Crippen molar-refractivity contribution in [2.24, 2.45) is 0 Å². The molecule has 3 rings (SSSR count). The highest BCUT2D eigenvalue weighted by atomic mass is 32.2. The van der Waals surface area contributed by atoms with Crippen molar-refractivity contribution in [3.05, 3.63) is 71.7 Å². The Kier molecular flexibility index (Phi) is 4.49. The molecule has 2 aromatic carbocycles. The van der Waals surface area contributed by atoms with Crippen LogP contribution in [-0.2, 0) is 0 Å². The molecule has 0 spiro atoms. The number of halogens is 3.